The molecule has 0 unspecified atom stereocenters. The van der Waals surface area contributed by atoms with Crippen molar-refractivity contribution in [2.75, 3.05) is 34.7 Å². The van der Waals surface area contributed by atoms with Crippen LogP contribution in [0.4, 0.5) is 34.1 Å². The van der Waals surface area contributed by atoms with E-state index in [1.54, 1.807) is 68.5 Å². The van der Waals surface area contributed by atoms with Crippen molar-refractivity contribution in [3.05, 3.63) is 267 Å². The van der Waals surface area contributed by atoms with Gasteiger partial charge in [0, 0.05) is 45.2 Å². The van der Waals surface area contributed by atoms with E-state index in [0.29, 0.717) is 56.8 Å². The number of tetrazole rings is 1. The monoisotopic (exact) mass is 1150 g/mol. The third-order valence-corrected chi connectivity index (χ3v) is 12.9. The number of nitro groups is 2. The lowest BCUT2D eigenvalue weighted by Crippen LogP contribution is -3.00. The van der Waals surface area contributed by atoms with Crippen LogP contribution in [0.3, 0.4) is 0 Å². The van der Waals surface area contributed by atoms with E-state index in [4.69, 9.17) is 31.3 Å². The number of methoxy groups -OCH3 is 2. The van der Waals surface area contributed by atoms with E-state index in [9.17, 15) is 20.2 Å². The normalized spacial score (nSPS) is 12.3. The number of hydrazine groups is 4. The summed E-state index contributed by atoms with van der Waals surface area (Å²) in [6.45, 7) is 0. The smallest absolute Gasteiger partial charge is 0.340 e. The number of benzene rings is 9. The van der Waals surface area contributed by atoms with Crippen molar-refractivity contribution in [1.82, 2.24) is 25.8 Å². The van der Waals surface area contributed by atoms with Crippen molar-refractivity contribution in [3.63, 3.8) is 0 Å². The standard InChI is InChI=1S/C40H32N10O6.C19H14ClN4.2ClH/c1-55-37-25-29(13-23-35(37)47-43-39(27-9-5-3-6-10-27)41-45(47)31-15-19-33(20-16-31)49(51)52)30-14-24-36(38(26-30)56-2)48-44-40(28-11-7-4-8-12-28)42-46(48)32-17-21-34(22-18-32)50(53)54;20-16-13-11-15(12-14-16)19-21-23(17-7-3-1-4-8-17)24(22-19)18-9-5-2-6-10-18;;/h3-26H,1-2H3,(H,41,43)(H,42,44);1-14H;2*1H/q;+1;;/p-1. The minimum atomic E-state index is -0.446. The maximum atomic E-state index is 11.4. The maximum Gasteiger partial charge on any atom is 0.340 e. The largest absolute Gasteiger partial charge is 1.00 e. The highest BCUT2D eigenvalue weighted by Gasteiger charge is 2.32. The number of amidine groups is 2. The lowest BCUT2D eigenvalue weighted by atomic mass is 10.0. The van der Waals surface area contributed by atoms with Crippen molar-refractivity contribution in [2.24, 2.45) is 10.2 Å². The Kier molecular flexibility index (Phi) is 17.2. The van der Waals surface area contributed by atoms with Gasteiger partial charge < -0.3 is 21.9 Å². The van der Waals surface area contributed by atoms with Gasteiger partial charge in [-0.1, -0.05) is 121 Å². The highest BCUT2D eigenvalue weighted by Crippen LogP contribution is 2.40. The Bertz CT molecular complexity index is 3680. The van der Waals surface area contributed by atoms with E-state index in [0.717, 1.165) is 39.2 Å². The molecule has 0 amide bonds. The van der Waals surface area contributed by atoms with E-state index in [2.05, 4.69) is 21.0 Å². The summed E-state index contributed by atoms with van der Waals surface area (Å²) in [6, 6.07) is 70.3. The van der Waals surface area contributed by atoms with Gasteiger partial charge >= 0.3 is 5.82 Å². The van der Waals surface area contributed by atoms with Crippen molar-refractivity contribution in [3.8, 4) is 45.4 Å². The number of rotatable bonds is 14. The summed E-state index contributed by atoms with van der Waals surface area (Å²) in [4.78, 5) is 25.4. The molecule has 9 aromatic carbocycles. The molecule has 0 saturated heterocycles. The van der Waals surface area contributed by atoms with Crippen LogP contribution in [-0.2, 0) is 0 Å². The van der Waals surface area contributed by atoms with E-state index in [1.807, 2.05) is 182 Å². The Labute approximate surface area is 486 Å². The number of hydrogen-bond acceptors (Lipinski definition) is 16. The van der Waals surface area contributed by atoms with E-state index in [-0.39, 0.29) is 36.2 Å². The number of ether oxygens (including phenoxy) is 2. The van der Waals surface area contributed by atoms with Gasteiger partial charge in [0.1, 0.15) is 28.6 Å². The number of nitrogens with zero attached hydrogens (tertiary/aromatic N) is 12. The first-order valence-corrected chi connectivity index (χ1v) is 25.1. The average Bonchev–Trinajstić information content (AvgIpc) is 4.48. The predicted molar refractivity (Wildman–Crippen MR) is 314 cm³/mol. The van der Waals surface area contributed by atoms with E-state index in [1.165, 1.54) is 24.3 Å². The molecule has 20 nitrogen and oxygen atoms in total. The van der Waals surface area contributed by atoms with Crippen LogP contribution in [0.2, 0.25) is 5.02 Å². The van der Waals surface area contributed by atoms with Crippen LogP contribution in [0.25, 0.3) is 33.9 Å². The summed E-state index contributed by atoms with van der Waals surface area (Å²) in [5.41, 5.74) is 15.2. The molecule has 2 aliphatic rings. The molecule has 82 heavy (non-hydrogen) atoms. The number of hydrazone groups is 2. The van der Waals surface area contributed by atoms with Gasteiger partial charge in [0.25, 0.3) is 11.4 Å². The fourth-order valence-corrected chi connectivity index (χ4v) is 8.79. The molecular formula is C59H47Cl3N14O6. The lowest BCUT2D eigenvalue weighted by Gasteiger charge is -2.29. The molecule has 0 spiro atoms. The Hall–Kier alpha value is -10.5. The van der Waals surface area contributed by atoms with Crippen LogP contribution in [0, 0.1) is 20.2 Å². The topological polar surface area (TPSA) is 201 Å². The van der Waals surface area contributed by atoms with Gasteiger partial charge in [-0.05, 0) is 118 Å². The molecular weight excluding hydrogens is 1110 g/mol. The Morgan fingerprint density at radius 1 is 0.488 bits per heavy atom. The molecule has 0 radical (unpaired) electrons. The number of halogens is 3. The molecule has 0 saturated carbocycles. The van der Waals surface area contributed by atoms with Gasteiger partial charge in [0.2, 0.25) is 0 Å². The van der Waals surface area contributed by atoms with Crippen LogP contribution < -0.4 is 58.0 Å². The second kappa shape index (κ2) is 25.1. The zero-order chi connectivity index (χ0) is 55.1. The maximum absolute atomic E-state index is 11.4. The van der Waals surface area contributed by atoms with Crippen LogP contribution >= 0.6 is 24.0 Å². The first kappa shape index (κ1) is 56.2. The Morgan fingerprint density at radius 2 is 0.890 bits per heavy atom. The number of hydrogen-bond donors (Lipinski definition) is 2. The number of nitrogens with one attached hydrogen (secondary N) is 2. The van der Waals surface area contributed by atoms with Gasteiger partial charge in [0.05, 0.1) is 46.1 Å². The number of para-hydroxylation sites is 2. The SMILES string of the molecule is COc1cc(-c2ccc(N3NC(c4ccccc4)=NN3c3ccc([N+](=O)[O-])cc3)c(OC)c2)ccc1N1NC(c2ccccc2)=NN1c1ccc([N+](=O)[O-])cc1.Cl.Clc1ccc(-c2nn(-c3ccccc3)[n+](-c3ccccc3)n2)cc1.[Cl-]. The first-order chi connectivity index (χ1) is 39.1. The van der Waals surface area contributed by atoms with Crippen molar-refractivity contribution >= 4 is 69.8 Å². The van der Waals surface area contributed by atoms with Gasteiger partial charge in [-0.3, -0.25) is 31.1 Å². The second-order valence-corrected chi connectivity index (χ2v) is 18.1. The van der Waals surface area contributed by atoms with Gasteiger partial charge in [-0.15, -0.1) is 22.6 Å². The molecule has 0 fully saturated rings. The Morgan fingerprint density at radius 3 is 1.30 bits per heavy atom. The molecule has 0 bridgehead atoms. The summed E-state index contributed by atoms with van der Waals surface area (Å²) in [6.07, 6.45) is 0. The fraction of sp³-hybridized carbons (Fsp3) is 0.0339. The molecule has 2 N–H and O–H groups in total. The first-order valence-electron chi connectivity index (χ1n) is 24.8. The van der Waals surface area contributed by atoms with Gasteiger partial charge in [0.15, 0.2) is 17.4 Å². The van der Waals surface area contributed by atoms with Gasteiger partial charge in [-0.2, -0.15) is 20.5 Å². The molecule has 10 aromatic rings. The van der Waals surface area contributed by atoms with Crippen LogP contribution in [-0.4, -0.2) is 50.7 Å². The lowest BCUT2D eigenvalue weighted by molar-refractivity contribution is -0.734. The molecule has 1 aromatic heterocycles. The minimum Gasteiger partial charge on any atom is -1.00 e. The van der Waals surface area contributed by atoms with Crippen LogP contribution in [0.1, 0.15) is 11.1 Å². The van der Waals surface area contributed by atoms with Crippen LogP contribution in [0.5, 0.6) is 11.5 Å². The average molecular weight is 1150 g/mol. The van der Waals surface area contributed by atoms with Crippen molar-refractivity contribution in [2.45, 2.75) is 0 Å². The molecule has 3 heterocycles. The third-order valence-electron chi connectivity index (χ3n) is 12.7. The fourth-order valence-electron chi connectivity index (χ4n) is 8.66. The highest BCUT2D eigenvalue weighted by atomic mass is 35.5. The number of anilines is 4. The third kappa shape index (κ3) is 11.9. The molecule has 410 valence electrons. The van der Waals surface area contributed by atoms with E-state index < -0.39 is 9.85 Å². The summed E-state index contributed by atoms with van der Waals surface area (Å²) in [5.74, 6) is 2.79. The van der Waals surface area contributed by atoms with Crippen LogP contribution in [0.15, 0.2) is 241 Å². The molecule has 23 heteroatoms. The highest BCUT2D eigenvalue weighted by molar-refractivity contribution is 6.30. The van der Waals surface area contributed by atoms with Crippen molar-refractivity contribution in [1.29, 1.82) is 0 Å². The number of aromatic nitrogens is 4. The minimum absolute atomic E-state index is 0. The molecule has 0 aliphatic carbocycles. The quantitative estimate of drug-likeness (QED) is 0.0595. The zero-order valence-corrected chi connectivity index (χ0v) is 45.7. The van der Waals surface area contributed by atoms with Crippen molar-refractivity contribution < 1.29 is 36.5 Å². The second-order valence-electron chi connectivity index (χ2n) is 17.7. The zero-order valence-electron chi connectivity index (χ0n) is 43.4. The molecule has 0 atom stereocenters. The van der Waals surface area contributed by atoms with E-state index >= 15 is 0 Å². The summed E-state index contributed by atoms with van der Waals surface area (Å²) >= 11 is 5.98. The summed E-state index contributed by atoms with van der Waals surface area (Å²) in [7, 11) is 3.15. The Balaban J connectivity index is 0.000000260. The molecule has 2 aliphatic heterocycles. The molecule has 12 rings (SSSR count). The van der Waals surface area contributed by atoms with Gasteiger partial charge in [-0.25, -0.2) is 0 Å². The summed E-state index contributed by atoms with van der Waals surface area (Å²) < 4.78 is 11.9. The summed E-state index contributed by atoms with van der Waals surface area (Å²) in [5, 5.41) is 49.1. The number of nitro benzene ring substituents is 2. The number of non-ortho nitro benzene ring substituents is 2. The predicted octanol–water partition coefficient (Wildman–Crippen LogP) is 8.69.